The number of furan rings is 1. The second kappa shape index (κ2) is 6.46. The molecule has 4 heterocycles. The number of rotatable bonds is 4. The molecule has 9 nitrogen and oxygen atoms in total. The number of pyridine rings is 1. The molecule has 0 bridgehead atoms. The fourth-order valence-corrected chi connectivity index (χ4v) is 4.24. The molecule has 2 aliphatic rings. The van der Waals surface area contributed by atoms with E-state index in [4.69, 9.17) is 20.8 Å². The van der Waals surface area contributed by atoms with Gasteiger partial charge in [-0.05, 0) is 23.8 Å². The summed E-state index contributed by atoms with van der Waals surface area (Å²) in [5.74, 6) is -0.405. The number of imide groups is 1. The van der Waals surface area contributed by atoms with Gasteiger partial charge in [-0.1, -0.05) is 17.7 Å². The number of halogens is 1. The van der Waals surface area contributed by atoms with E-state index in [-0.39, 0.29) is 29.8 Å². The first-order chi connectivity index (χ1) is 14.4. The summed E-state index contributed by atoms with van der Waals surface area (Å²) in [5.41, 5.74) is 0.430. The van der Waals surface area contributed by atoms with Crippen LogP contribution in [0, 0.1) is 0 Å². The topological polar surface area (TPSA) is 114 Å². The molecule has 0 saturated carbocycles. The van der Waals surface area contributed by atoms with Crippen LogP contribution in [-0.2, 0) is 16.9 Å². The Morgan fingerprint density at radius 2 is 2.13 bits per heavy atom. The Morgan fingerprint density at radius 3 is 2.83 bits per heavy atom. The largest absolute Gasteiger partial charge is 0.495 e. The van der Waals surface area contributed by atoms with E-state index in [0.29, 0.717) is 28.0 Å². The number of carbonyl (C=O) groups excluding carboxylic acids is 3. The number of benzene rings is 1. The van der Waals surface area contributed by atoms with E-state index in [1.165, 1.54) is 12.0 Å². The molecule has 30 heavy (non-hydrogen) atoms. The minimum atomic E-state index is -1.59. The number of nitrogens with one attached hydrogen (secondary N) is 2. The van der Waals surface area contributed by atoms with Gasteiger partial charge in [0.05, 0.1) is 24.2 Å². The van der Waals surface area contributed by atoms with Crippen LogP contribution in [0.3, 0.4) is 0 Å². The van der Waals surface area contributed by atoms with Gasteiger partial charge in [0, 0.05) is 18.8 Å². The van der Waals surface area contributed by atoms with Crippen LogP contribution in [0.15, 0.2) is 40.9 Å². The molecule has 0 radical (unpaired) electrons. The number of fused-ring (bicyclic) bond motifs is 2. The first kappa shape index (κ1) is 18.4. The summed E-state index contributed by atoms with van der Waals surface area (Å²) >= 11 is 6.34. The van der Waals surface area contributed by atoms with Gasteiger partial charge in [-0.15, -0.1) is 0 Å². The van der Waals surface area contributed by atoms with Crippen LogP contribution >= 0.6 is 11.6 Å². The number of hydrogen-bond acceptors (Lipinski definition) is 6. The summed E-state index contributed by atoms with van der Waals surface area (Å²) in [6.45, 7) is 0.0812. The molecule has 1 saturated heterocycles. The first-order valence-corrected chi connectivity index (χ1v) is 9.44. The van der Waals surface area contributed by atoms with Crippen LogP contribution in [0.2, 0.25) is 5.02 Å². The van der Waals surface area contributed by atoms with E-state index in [0.717, 1.165) is 0 Å². The van der Waals surface area contributed by atoms with Crippen LogP contribution < -0.4 is 15.4 Å². The van der Waals surface area contributed by atoms with Crippen molar-refractivity contribution in [3.8, 4) is 5.75 Å². The molecule has 0 aliphatic carbocycles. The van der Waals surface area contributed by atoms with Gasteiger partial charge < -0.3 is 19.4 Å². The normalized spacial score (nSPS) is 20.5. The summed E-state index contributed by atoms with van der Waals surface area (Å²) in [7, 11) is 1.47. The minimum absolute atomic E-state index is 0.142. The van der Waals surface area contributed by atoms with Gasteiger partial charge in [0.15, 0.2) is 11.1 Å². The van der Waals surface area contributed by atoms with E-state index < -0.39 is 17.5 Å². The molecule has 1 atom stereocenters. The number of methoxy groups -OCH3 is 1. The summed E-state index contributed by atoms with van der Waals surface area (Å²) in [6.07, 6.45) is 1.59. The predicted octanol–water partition coefficient (Wildman–Crippen LogP) is 2.18. The summed E-state index contributed by atoms with van der Waals surface area (Å²) in [4.78, 5) is 43.6. The van der Waals surface area contributed by atoms with Gasteiger partial charge in [-0.25, -0.2) is 4.79 Å². The lowest BCUT2D eigenvalue weighted by Crippen LogP contribution is -2.52. The zero-order valence-electron chi connectivity index (χ0n) is 15.7. The second-order valence-electron chi connectivity index (χ2n) is 7.09. The van der Waals surface area contributed by atoms with Crippen molar-refractivity contribution in [1.82, 2.24) is 20.5 Å². The monoisotopic (exact) mass is 426 g/mol. The third kappa shape index (κ3) is 2.55. The number of nitrogens with zero attached hydrogens (tertiary/aromatic N) is 2. The first-order valence-electron chi connectivity index (χ1n) is 9.06. The quantitative estimate of drug-likeness (QED) is 0.618. The second-order valence-corrected chi connectivity index (χ2v) is 7.47. The van der Waals surface area contributed by atoms with Crippen molar-refractivity contribution < 1.29 is 23.5 Å². The van der Waals surface area contributed by atoms with E-state index in [9.17, 15) is 14.4 Å². The highest BCUT2D eigenvalue weighted by Crippen LogP contribution is 2.38. The highest BCUT2D eigenvalue weighted by molar-refractivity contribution is 6.35. The van der Waals surface area contributed by atoms with Gasteiger partial charge in [-0.3, -0.25) is 19.9 Å². The molecule has 3 aromatic rings. The van der Waals surface area contributed by atoms with E-state index >= 15 is 0 Å². The average molecular weight is 427 g/mol. The third-order valence-electron chi connectivity index (χ3n) is 5.35. The van der Waals surface area contributed by atoms with E-state index in [1.807, 2.05) is 0 Å². The fourth-order valence-electron chi connectivity index (χ4n) is 3.90. The maximum Gasteiger partial charge on any atom is 0.322 e. The molecule has 152 valence electrons. The molecule has 0 spiro atoms. The lowest BCUT2D eigenvalue weighted by Gasteiger charge is -2.29. The third-order valence-corrected chi connectivity index (χ3v) is 5.73. The maximum atomic E-state index is 13.1. The molecule has 1 unspecified atom stereocenters. The fraction of sp³-hybridized carbons (Fsp3) is 0.200. The number of carbonyl (C=O) groups is 3. The maximum absolute atomic E-state index is 13.1. The number of ether oxygens (including phenoxy) is 1. The number of hydrogen-bond donors (Lipinski definition) is 2. The van der Waals surface area contributed by atoms with Gasteiger partial charge in [0.25, 0.3) is 11.8 Å². The van der Waals surface area contributed by atoms with E-state index in [2.05, 4.69) is 15.6 Å². The van der Waals surface area contributed by atoms with Gasteiger partial charge in [0.2, 0.25) is 0 Å². The highest BCUT2D eigenvalue weighted by atomic mass is 35.5. The molecule has 2 aromatic heterocycles. The van der Waals surface area contributed by atoms with Crippen molar-refractivity contribution in [2.45, 2.75) is 12.1 Å². The molecule has 1 fully saturated rings. The molecule has 2 N–H and O–H groups in total. The smallest absolute Gasteiger partial charge is 0.322 e. The average Bonchev–Trinajstić information content (AvgIpc) is 3.37. The molecule has 2 aliphatic heterocycles. The SMILES string of the molecule is COc1ccc2c(c1Cl)C(=O)N(CC1(c3cc4ncccc4o3)NC(=O)NC1=O)C2. The Morgan fingerprint density at radius 1 is 1.30 bits per heavy atom. The van der Waals surface area contributed by atoms with Crippen molar-refractivity contribution in [2.24, 2.45) is 0 Å². The molecular weight excluding hydrogens is 412 g/mol. The lowest BCUT2D eigenvalue weighted by atomic mass is 9.95. The Balaban J connectivity index is 1.56. The zero-order valence-corrected chi connectivity index (χ0v) is 16.4. The lowest BCUT2D eigenvalue weighted by molar-refractivity contribution is -0.125. The van der Waals surface area contributed by atoms with Crippen LogP contribution in [0.5, 0.6) is 5.75 Å². The van der Waals surface area contributed by atoms with Gasteiger partial charge in [-0.2, -0.15) is 0 Å². The number of amides is 4. The number of urea groups is 1. The van der Waals surface area contributed by atoms with Crippen molar-refractivity contribution in [3.63, 3.8) is 0 Å². The highest BCUT2D eigenvalue weighted by Gasteiger charge is 2.53. The standard InChI is InChI=1S/C20H15ClN4O5/c1-29-13-5-4-10-8-25(17(26)15(10)16(13)21)9-20(18(27)23-19(28)24-20)14-7-11-12(30-14)3-2-6-22-11/h2-7H,8-9H2,1H3,(H2,23,24,27,28). The van der Waals surface area contributed by atoms with E-state index in [1.54, 1.807) is 36.5 Å². The summed E-state index contributed by atoms with van der Waals surface area (Å²) < 4.78 is 11.0. The van der Waals surface area contributed by atoms with Crippen LogP contribution in [-0.4, -0.2) is 41.4 Å². The van der Waals surface area contributed by atoms with Crippen molar-refractivity contribution in [2.75, 3.05) is 13.7 Å². The predicted molar refractivity (Wildman–Crippen MR) is 105 cm³/mol. The van der Waals surface area contributed by atoms with Gasteiger partial charge in [0.1, 0.15) is 17.0 Å². The minimum Gasteiger partial charge on any atom is -0.495 e. The Hall–Kier alpha value is -3.59. The van der Waals surface area contributed by atoms with Crippen molar-refractivity contribution >= 4 is 40.5 Å². The van der Waals surface area contributed by atoms with Crippen molar-refractivity contribution in [3.05, 3.63) is 58.4 Å². The van der Waals surface area contributed by atoms with Crippen LogP contribution in [0.4, 0.5) is 4.79 Å². The van der Waals surface area contributed by atoms with Crippen LogP contribution in [0.1, 0.15) is 21.7 Å². The Labute approximate surface area is 174 Å². The molecule has 5 rings (SSSR count). The zero-order chi connectivity index (χ0) is 21.0. The van der Waals surface area contributed by atoms with Crippen LogP contribution in [0.25, 0.3) is 11.1 Å². The summed E-state index contributed by atoms with van der Waals surface area (Å²) in [5, 5.41) is 5.08. The van der Waals surface area contributed by atoms with Gasteiger partial charge >= 0.3 is 6.03 Å². The Kier molecular flexibility index (Phi) is 3.97. The number of aromatic nitrogens is 1. The molecule has 4 amide bonds. The van der Waals surface area contributed by atoms with Crippen molar-refractivity contribution in [1.29, 1.82) is 0 Å². The molecular formula is C20H15ClN4O5. The summed E-state index contributed by atoms with van der Waals surface area (Å²) in [6, 6.07) is 7.76. The Bertz CT molecular complexity index is 1210. The molecule has 1 aromatic carbocycles. The molecule has 10 heteroatoms.